The first-order valence-electron chi connectivity index (χ1n) is 6.73. The highest BCUT2D eigenvalue weighted by Crippen LogP contribution is 2.27. The quantitative estimate of drug-likeness (QED) is 0.849. The Hall–Kier alpha value is -2.54. The predicted octanol–water partition coefficient (Wildman–Crippen LogP) is 2.59. The molecule has 2 aromatic carbocycles. The monoisotopic (exact) mass is 335 g/mol. The highest BCUT2D eigenvalue weighted by atomic mass is 32.2. The number of nitrogens with one attached hydrogen (secondary N) is 1. The molecule has 0 unspecified atom stereocenters. The summed E-state index contributed by atoms with van der Waals surface area (Å²) in [5.74, 6) is -0.104. The van der Waals surface area contributed by atoms with Crippen LogP contribution in [0.3, 0.4) is 0 Å². The molecule has 6 nitrogen and oxygen atoms in total. The number of carbonyl (C=O) groups is 1. The largest absolute Gasteiger partial charge is 0.495 e. The molecule has 23 heavy (non-hydrogen) atoms. The third kappa shape index (κ3) is 3.81. The van der Waals surface area contributed by atoms with Gasteiger partial charge >= 0.3 is 5.97 Å². The Kier molecular flexibility index (Phi) is 4.90. The molecule has 0 saturated heterocycles. The number of esters is 1. The maximum absolute atomic E-state index is 12.4. The van der Waals surface area contributed by atoms with Crippen LogP contribution < -0.4 is 9.46 Å². The fourth-order valence-corrected chi connectivity index (χ4v) is 3.05. The van der Waals surface area contributed by atoms with E-state index in [2.05, 4.69) is 9.46 Å². The number of carbonyl (C=O) groups excluding carboxylic acids is 1. The normalized spacial score (nSPS) is 10.9. The van der Waals surface area contributed by atoms with Gasteiger partial charge < -0.3 is 9.47 Å². The highest BCUT2D eigenvalue weighted by Gasteiger charge is 2.17. The molecular formula is C16H17NO5S. The molecule has 0 aromatic heterocycles. The first-order valence-corrected chi connectivity index (χ1v) is 8.21. The van der Waals surface area contributed by atoms with Crippen LogP contribution in [-0.4, -0.2) is 28.6 Å². The van der Waals surface area contributed by atoms with Crippen LogP contribution in [0.1, 0.15) is 15.9 Å². The first-order chi connectivity index (χ1) is 10.9. The van der Waals surface area contributed by atoms with Crippen LogP contribution in [0, 0.1) is 6.92 Å². The molecule has 0 aliphatic rings. The zero-order valence-electron chi connectivity index (χ0n) is 13.0. The van der Waals surface area contributed by atoms with Crippen molar-refractivity contribution in [1.82, 2.24) is 0 Å². The van der Waals surface area contributed by atoms with Gasteiger partial charge in [0, 0.05) is 0 Å². The van der Waals surface area contributed by atoms with Crippen LogP contribution in [-0.2, 0) is 14.8 Å². The van der Waals surface area contributed by atoms with Crippen LogP contribution >= 0.6 is 0 Å². The number of benzene rings is 2. The molecule has 0 spiro atoms. The Morgan fingerprint density at radius 2 is 1.70 bits per heavy atom. The van der Waals surface area contributed by atoms with E-state index in [0.29, 0.717) is 11.4 Å². The van der Waals surface area contributed by atoms with Gasteiger partial charge in [-0.1, -0.05) is 6.07 Å². The van der Waals surface area contributed by atoms with Gasteiger partial charge in [0.2, 0.25) is 0 Å². The summed E-state index contributed by atoms with van der Waals surface area (Å²) in [6.07, 6.45) is 0. The smallest absolute Gasteiger partial charge is 0.337 e. The van der Waals surface area contributed by atoms with Crippen molar-refractivity contribution in [1.29, 1.82) is 0 Å². The average molecular weight is 335 g/mol. The van der Waals surface area contributed by atoms with Crippen LogP contribution in [0.25, 0.3) is 0 Å². The second-order valence-corrected chi connectivity index (χ2v) is 6.51. The first kappa shape index (κ1) is 16.8. The molecule has 0 saturated carbocycles. The third-order valence-corrected chi connectivity index (χ3v) is 4.57. The Morgan fingerprint density at radius 1 is 1.04 bits per heavy atom. The minimum Gasteiger partial charge on any atom is -0.495 e. The fraction of sp³-hybridized carbons (Fsp3) is 0.188. The van der Waals surface area contributed by atoms with E-state index in [1.165, 1.54) is 38.5 Å². The zero-order valence-corrected chi connectivity index (χ0v) is 13.8. The summed E-state index contributed by atoms with van der Waals surface area (Å²) >= 11 is 0. The molecule has 2 rings (SSSR count). The number of aryl methyl sites for hydroxylation is 1. The molecular weight excluding hydrogens is 318 g/mol. The number of hydrogen-bond donors (Lipinski definition) is 1. The molecule has 1 N–H and O–H groups in total. The molecule has 0 bridgehead atoms. The van der Waals surface area contributed by atoms with E-state index in [-0.39, 0.29) is 10.5 Å². The predicted molar refractivity (Wildman–Crippen MR) is 86.3 cm³/mol. The fourth-order valence-electron chi connectivity index (χ4n) is 1.99. The van der Waals surface area contributed by atoms with E-state index in [1.54, 1.807) is 12.1 Å². The van der Waals surface area contributed by atoms with Crippen molar-refractivity contribution in [2.45, 2.75) is 11.8 Å². The zero-order chi connectivity index (χ0) is 17.0. The Bertz CT molecular complexity index is 813. The molecule has 7 heteroatoms. The van der Waals surface area contributed by atoms with E-state index in [1.807, 2.05) is 13.0 Å². The van der Waals surface area contributed by atoms with Gasteiger partial charge in [-0.15, -0.1) is 0 Å². The maximum Gasteiger partial charge on any atom is 0.337 e. The van der Waals surface area contributed by atoms with Crippen LogP contribution in [0.15, 0.2) is 47.4 Å². The minimum absolute atomic E-state index is 0.0358. The van der Waals surface area contributed by atoms with Crippen molar-refractivity contribution in [2.75, 3.05) is 18.9 Å². The van der Waals surface area contributed by atoms with E-state index in [9.17, 15) is 13.2 Å². The molecule has 0 atom stereocenters. The van der Waals surface area contributed by atoms with Gasteiger partial charge in [-0.25, -0.2) is 13.2 Å². The molecule has 2 aromatic rings. The maximum atomic E-state index is 12.4. The summed E-state index contributed by atoms with van der Waals surface area (Å²) in [5.41, 5.74) is 1.52. The lowest BCUT2D eigenvalue weighted by Gasteiger charge is -2.12. The number of anilines is 1. The van der Waals surface area contributed by atoms with Crippen molar-refractivity contribution in [3.8, 4) is 5.75 Å². The van der Waals surface area contributed by atoms with Gasteiger partial charge in [0.1, 0.15) is 5.75 Å². The van der Waals surface area contributed by atoms with Crippen molar-refractivity contribution >= 4 is 21.7 Å². The van der Waals surface area contributed by atoms with E-state index in [0.717, 1.165) is 5.56 Å². The Balaban J connectivity index is 2.32. The lowest BCUT2D eigenvalue weighted by atomic mass is 10.2. The number of sulfonamides is 1. The number of rotatable bonds is 5. The topological polar surface area (TPSA) is 81.7 Å². The molecule has 0 amide bonds. The van der Waals surface area contributed by atoms with Gasteiger partial charge in [-0.3, -0.25) is 4.72 Å². The standard InChI is InChI=1S/C16H17NO5S/c1-11-4-9-15(21-2)14(10-11)17-23(19,20)13-7-5-12(6-8-13)16(18)22-3/h4-10,17H,1-3H3. The number of ether oxygens (including phenoxy) is 2. The summed E-state index contributed by atoms with van der Waals surface area (Å²) < 4.78 is 37.1. The van der Waals surface area contributed by atoms with E-state index >= 15 is 0 Å². The van der Waals surface area contributed by atoms with E-state index < -0.39 is 16.0 Å². The lowest BCUT2D eigenvalue weighted by Crippen LogP contribution is -2.14. The van der Waals surface area contributed by atoms with E-state index in [4.69, 9.17) is 4.74 Å². The summed E-state index contributed by atoms with van der Waals surface area (Å²) in [6.45, 7) is 1.85. The van der Waals surface area contributed by atoms with Gasteiger partial charge in [0.25, 0.3) is 10.0 Å². The van der Waals surface area contributed by atoms with Crippen molar-refractivity contribution in [2.24, 2.45) is 0 Å². The Labute approximate surface area is 135 Å². The summed E-state index contributed by atoms with van der Waals surface area (Å²) in [4.78, 5) is 11.4. The van der Waals surface area contributed by atoms with Gasteiger partial charge in [0.15, 0.2) is 0 Å². The summed E-state index contributed by atoms with van der Waals surface area (Å²) in [6, 6.07) is 10.7. The Morgan fingerprint density at radius 3 is 2.26 bits per heavy atom. The number of hydrogen-bond acceptors (Lipinski definition) is 5. The summed E-state index contributed by atoms with van der Waals surface area (Å²) in [7, 11) is -1.07. The van der Waals surface area contributed by atoms with Crippen molar-refractivity contribution in [3.63, 3.8) is 0 Å². The summed E-state index contributed by atoms with van der Waals surface area (Å²) in [5, 5.41) is 0. The molecule has 122 valence electrons. The molecule has 0 aliphatic heterocycles. The van der Waals surface area contributed by atoms with Crippen LogP contribution in [0.5, 0.6) is 5.75 Å². The SMILES string of the molecule is COC(=O)c1ccc(S(=O)(=O)Nc2cc(C)ccc2OC)cc1. The molecule has 0 heterocycles. The minimum atomic E-state index is -3.79. The lowest BCUT2D eigenvalue weighted by molar-refractivity contribution is 0.0600. The number of methoxy groups -OCH3 is 2. The van der Waals surface area contributed by atoms with Crippen molar-refractivity contribution in [3.05, 3.63) is 53.6 Å². The average Bonchev–Trinajstić information content (AvgIpc) is 2.54. The van der Waals surface area contributed by atoms with Crippen LogP contribution in [0.2, 0.25) is 0 Å². The third-order valence-electron chi connectivity index (χ3n) is 3.19. The molecule has 0 fully saturated rings. The van der Waals surface area contributed by atoms with Gasteiger partial charge in [-0.2, -0.15) is 0 Å². The molecule has 0 aliphatic carbocycles. The second-order valence-electron chi connectivity index (χ2n) is 4.83. The van der Waals surface area contributed by atoms with Gasteiger partial charge in [-0.05, 0) is 48.9 Å². The van der Waals surface area contributed by atoms with Gasteiger partial charge in [0.05, 0.1) is 30.4 Å². The highest BCUT2D eigenvalue weighted by molar-refractivity contribution is 7.92. The van der Waals surface area contributed by atoms with Crippen molar-refractivity contribution < 1.29 is 22.7 Å². The second kappa shape index (κ2) is 6.70. The molecule has 0 radical (unpaired) electrons. The van der Waals surface area contributed by atoms with Crippen LogP contribution in [0.4, 0.5) is 5.69 Å².